The van der Waals surface area contributed by atoms with Crippen LogP contribution in [0.4, 0.5) is 17.1 Å². The van der Waals surface area contributed by atoms with Crippen molar-refractivity contribution in [2.24, 2.45) is 0 Å². The first kappa shape index (κ1) is 23.6. The Morgan fingerprint density at radius 2 is 1.78 bits per heavy atom. The highest BCUT2D eigenvalue weighted by molar-refractivity contribution is 7.93. The molecule has 0 spiro atoms. The molecule has 0 unspecified atom stereocenters. The summed E-state index contributed by atoms with van der Waals surface area (Å²) in [6, 6.07) is 9.80. The molecule has 0 atom stereocenters. The lowest BCUT2D eigenvalue weighted by Crippen LogP contribution is -2.43. The van der Waals surface area contributed by atoms with Crippen LogP contribution in [-0.4, -0.2) is 53.0 Å². The van der Waals surface area contributed by atoms with Crippen LogP contribution in [0.5, 0.6) is 0 Å². The zero-order valence-electron chi connectivity index (χ0n) is 18.5. The minimum Gasteiger partial charge on any atom is -0.367 e. The Labute approximate surface area is 188 Å². The fourth-order valence-corrected chi connectivity index (χ4v) is 4.86. The molecule has 1 fully saturated rings. The third kappa shape index (κ3) is 5.57. The summed E-state index contributed by atoms with van der Waals surface area (Å²) in [6.07, 6.45) is 0. The lowest BCUT2D eigenvalue weighted by Gasteiger charge is -2.31. The van der Waals surface area contributed by atoms with Gasteiger partial charge >= 0.3 is 0 Å². The van der Waals surface area contributed by atoms with Gasteiger partial charge < -0.3 is 20.9 Å². The van der Waals surface area contributed by atoms with Gasteiger partial charge in [-0.05, 0) is 49.7 Å². The highest BCUT2D eigenvalue weighted by Gasteiger charge is 2.24. The van der Waals surface area contributed by atoms with Crippen LogP contribution in [0.15, 0.2) is 41.3 Å². The molecule has 3 rings (SSSR count). The van der Waals surface area contributed by atoms with Gasteiger partial charge in [-0.1, -0.05) is 6.07 Å². The van der Waals surface area contributed by atoms with Gasteiger partial charge in [-0.25, -0.2) is 8.42 Å². The van der Waals surface area contributed by atoms with Crippen molar-refractivity contribution >= 4 is 38.9 Å². The molecule has 2 aromatic carbocycles. The normalized spacial score (nSPS) is 14.0. The van der Waals surface area contributed by atoms with Gasteiger partial charge in [0.25, 0.3) is 15.9 Å². The average molecular weight is 460 g/mol. The van der Waals surface area contributed by atoms with Crippen LogP contribution in [0.25, 0.3) is 0 Å². The van der Waals surface area contributed by atoms with E-state index in [1.54, 1.807) is 37.3 Å². The third-order valence-electron chi connectivity index (χ3n) is 5.04. The van der Waals surface area contributed by atoms with Crippen LogP contribution in [0.2, 0.25) is 0 Å². The van der Waals surface area contributed by atoms with E-state index in [0.29, 0.717) is 36.6 Å². The van der Waals surface area contributed by atoms with Crippen molar-refractivity contribution in [1.82, 2.24) is 10.6 Å². The van der Waals surface area contributed by atoms with E-state index < -0.39 is 10.0 Å². The van der Waals surface area contributed by atoms with E-state index in [9.17, 15) is 18.0 Å². The van der Waals surface area contributed by atoms with Gasteiger partial charge in [0, 0.05) is 45.2 Å². The average Bonchev–Trinajstić information content (AvgIpc) is 2.75. The van der Waals surface area contributed by atoms with E-state index >= 15 is 0 Å². The molecule has 1 aliphatic rings. The summed E-state index contributed by atoms with van der Waals surface area (Å²) < 4.78 is 29.5. The van der Waals surface area contributed by atoms with E-state index in [0.717, 1.165) is 18.7 Å². The number of sulfonamides is 1. The van der Waals surface area contributed by atoms with Crippen LogP contribution in [-0.2, 0) is 14.8 Å². The second kappa shape index (κ2) is 10.0. The number of hydrogen-bond donors (Lipinski definition) is 4. The Kier molecular flexibility index (Phi) is 7.37. The number of nitrogens with one attached hydrogen (secondary N) is 4. The first-order chi connectivity index (χ1) is 15.2. The van der Waals surface area contributed by atoms with Crippen molar-refractivity contribution in [2.45, 2.75) is 25.7 Å². The Hall–Kier alpha value is -3.11. The number of anilines is 3. The van der Waals surface area contributed by atoms with Crippen molar-refractivity contribution in [1.29, 1.82) is 0 Å². The van der Waals surface area contributed by atoms with Crippen LogP contribution in [0.1, 0.15) is 29.8 Å². The van der Waals surface area contributed by atoms with Gasteiger partial charge in [0.15, 0.2) is 0 Å². The molecule has 4 N–H and O–H groups in total. The number of hydrogen-bond acceptors (Lipinski definition) is 6. The van der Waals surface area contributed by atoms with Gasteiger partial charge in [-0.2, -0.15) is 0 Å². The molecule has 1 heterocycles. The van der Waals surface area contributed by atoms with Crippen LogP contribution in [0.3, 0.4) is 0 Å². The van der Waals surface area contributed by atoms with Gasteiger partial charge in [0.2, 0.25) is 5.91 Å². The molecule has 10 heteroatoms. The Balaban J connectivity index is 2.05. The molecule has 1 aliphatic heterocycles. The van der Waals surface area contributed by atoms with E-state index in [-0.39, 0.29) is 22.4 Å². The number of rotatable bonds is 7. The summed E-state index contributed by atoms with van der Waals surface area (Å²) in [5.74, 6) is -0.653. The van der Waals surface area contributed by atoms with Crippen molar-refractivity contribution in [3.8, 4) is 0 Å². The first-order valence-electron chi connectivity index (χ1n) is 10.5. The van der Waals surface area contributed by atoms with Gasteiger partial charge in [-0.3, -0.25) is 14.3 Å². The lowest BCUT2D eigenvalue weighted by molar-refractivity contribution is -0.114. The number of carbonyl (C=O) groups excluding carboxylic acids is 2. The summed E-state index contributed by atoms with van der Waals surface area (Å²) in [4.78, 5) is 26.0. The minimum atomic E-state index is -4.07. The molecule has 0 radical (unpaired) electrons. The van der Waals surface area contributed by atoms with E-state index in [2.05, 4.69) is 25.6 Å². The molecular formula is C22H29N5O4S. The monoisotopic (exact) mass is 459 g/mol. The van der Waals surface area contributed by atoms with E-state index in [4.69, 9.17) is 0 Å². The third-order valence-corrected chi connectivity index (χ3v) is 6.44. The summed E-state index contributed by atoms with van der Waals surface area (Å²) in [6.45, 7) is 8.33. The van der Waals surface area contributed by atoms with Crippen LogP contribution >= 0.6 is 0 Å². The number of nitrogens with zero attached hydrogens (tertiary/aromatic N) is 1. The number of carbonyl (C=O) groups is 2. The predicted octanol–water partition coefficient (Wildman–Crippen LogP) is 1.91. The summed E-state index contributed by atoms with van der Waals surface area (Å²) >= 11 is 0. The zero-order chi connectivity index (χ0) is 23.3. The Bertz CT molecular complexity index is 1110. The van der Waals surface area contributed by atoms with Crippen molar-refractivity contribution in [3.05, 3.63) is 47.5 Å². The SMILES string of the molecule is CCNC(=O)c1ccc(N2CCNCC2)c(NS(=O)(=O)c2cc(C)ccc2NC(C)=O)c1. The Morgan fingerprint density at radius 1 is 1.06 bits per heavy atom. The summed E-state index contributed by atoms with van der Waals surface area (Å²) in [5.41, 5.74) is 2.29. The molecule has 172 valence electrons. The molecule has 32 heavy (non-hydrogen) atoms. The first-order valence-corrected chi connectivity index (χ1v) is 12.0. The van der Waals surface area contributed by atoms with Gasteiger partial charge in [0.1, 0.15) is 4.90 Å². The number of benzene rings is 2. The predicted molar refractivity (Wildman–Crippen MR) is 126 cm³/mol. The topological polar surface area (TPSA) is 120 Å². The smallest absolute Gasteiger partial charge is 0.264 e. The molecule has 1 saturated heterocycles. The molecule has 0 aromatic heterocycles. The standard InChI is InChI=1S/C22H29N5O4S/c1-4-24-22(29)17-6-8-20(27-11-9-23-10-12-27)19(14-17)26-32(30,31)21-13-15(2)5-7-18(21)25-16(3)28/h5-8,13-14,23,26H,4,9-12H2,1-3H3,(H,24,29)(H,25,28). The molecule has 9 nitrogen and oxygen atoms in total. The maximum Gasteiger partial charge on any atom is 0.264 e. The van der Waals surface area contributed by atoms with Crippen molar-refractivity contribution in [2.75, 3.05) is 47.7 Å². The maximum atomic E-state index is 13.4. The second-order valence-corrected chi connectivity index (χ2v) is 9.27. The van der Waals surface area contributed by atoms with Gasteiger partial charge in [0.05, 0.1) is 17.1 Å². The van der Waals surface area contributed by atoms with Crippen LogP contribution < -0.4 is 25.6 Å². The largest absolute Gasteiger partial charge is 0.367 e. The fourth-order valence-electron chi connectivity index (χ4n) is 3.55. The lowest BCUT2D eigenvalue weighted by atomic mass is 10.1. The molecule has 2 aromatic rings. The molecule has 0 aliphatic carbocycles. The second-order valence-electron chi connectivity index (χ2n) is 7.61. The minimum absolute atomic E-state index is 0.0395. The molecule has 0 saturated carbocycles. The molecule has 2 amide bonds. The quantitative estimate of drug-likeness (QED) is 0.502. The number of aryl methyl sites for hydroxylation is 1. The van der Waals surface area contributed by atoms with E-state index in [1.165, 1.54) is 13.0 Å². The highest BCUT2D eigenvalue weighted by atomic mass is 32.2. The van der Waals surface area contributed by atoms with Crippen LogP contribution in [0, 0.1) is 6.92 Å². The molecular weight excluding hydrogens is 430 g/mol. The summed E-state index contributed by atoms with van der Waals surface area (Å²) in [5, 5.41) is 8.58. The summed E-state index contributed by atoms with van der Waals surface area (Å²) in [7, 11) is -4.07. The number of piperazine rings is 1. The molecule has 0 bridgehead atoms. The van der Waals surface area contributed by atoms with Gasteiger partial charge in [-0.15, -0.1) is 0 Å². The van der Waals surface area contributed by atoms with Crippen molar-refractivity contribution < 1.29 is 18.0 Å². The highest BCUT2D eigenvalue weighted by Crippen LogP contribution is 2.32. The fraction of sp³-hybridized carbons (Fsp3) is 0.364. The zero-order valence-corrected chi connectivity index (χ0v) is 19.3. The maximum absolute atomic E-state index is 13.4. The van der Waals surface area contributed by atoms with Crippen molar-refractivity contribution in [3.63, 3.8) is 0 Å². The van der Waals surface area contributed by atoms with E-state index in [1.807, 2.05) is 6.92 Å². The number of amides is 2. The Morgan fingerprint density at radius 3 is 2.44 bits per heavy atom.